The first-order valence-corrected chi connectivity index (χ1v) is 10.9. The van der Waals surface area contributed by atoms with E-state index in [9.17, 15) is 9.59 Å². The number of piperazine rings is 1. The van der Waals surface area contributed by atoms with Crippen molar-refractivity contribution >= 4 is 23.2 Å². The van der Waals surface area contributed by atoms with Gasteiger partial charge in [0.1, 0.15) is 0 Å². The molecule has 0 saturated carbocycles. The Morgan fingerprint density at radius 3 is 2.34 bits per heavy atom. The molecule has 2 aliphatic rings. The van der Waals surface area contributed by atoms with Crippen molar-refractivity contribution in [3.8, 4) is 11.1 Å². The third-order valence-corrected chi connectivity index (χ3v) is 6.30. The van der Waals surface area contributed by atoms with Crippen molar-refractivity contribution in [1.82, 2.24) is 10.2 Å². The Balaban J connectivity index is 1.37. The summed E-state index contributed by atoms with van der Waals surface area (Å²) in [4.78, 5) is 30.2. The summed E-state index contributed by atoms with van der Waals surface area (Å²) < 4.78 is 0. The second-order valence-corrected chi connectivity index (χ2v) is 8.35. The molecule has 0 bridgehead atoms. The minimum absolute atomic E-state index is 0.154. The zero-order valence-electron chi connectivity index (χ0n) is 18.1. The number of nitrogens with zero attached hydrogens (tertiary/aromatic N) is 2. The number of carbonyl (C=O) groups excluding carboxylic acids is 2. The number of rotatable bonds is 4. The molecule has 32 heavy (non-hydrogen) atoms. The van der Waals surface area contributed by atoms with E-state index in [1.54, 1.807) is 0 Å². The van der Waals surface area contributed by atoms with Crippen LogP contribution >= 0.6 is 0 Å². The molecule has 0 aliphatic carbocycles. The molecule has 1 saturated heterocycles. The first-order chi connectivity index (χ1) is 15.6. The highest BCUT2D eigenvalue weighted by Gasteiger charge is 2.27. The first kappa shape index (κ1) is 20.3. The van der Waals surface area contributed by atoms with E-state index in [2.05, 4.69) is 27.5 Å². The summed E-state index contributed by atoms with van der Waals surface area (Å²) in [6, 6.07) is 21.5. The van der Waals surface area contributed by atoms with Crippen LogP contribution in [0.5, 0.6) is 0 Å². The van der Waals surface area contributed by atoms with Crippen LogP contribution in [-0.2, 0) is 6.54 Å². The molecule has 6 heteroatoms. The summed E-state index contributed by atoms with van der Waals surface area (Å²) in [5.41, 5.74) is 5.77. The van der Waals surface area contributed by atoms with Gasteiger partial charge in [-0.15, -0.1) is 0 Å². The van der Waals surface area contributed by atoms with Crippen LogP contribution in [0.15, 0.2) is 66.7 Å². The second-order valence-electron chi connectivity index (χ2n) is 8.35. The van der Waals surface area contributed by atoms with Crippen molar-refractivity contribution < 1.29 is 9.59 Å². The summed E-state index contributed by atoms with van der Waals surface area (Å²) >= 11 is 0. The summed E-state index contributed by atoms with van der Waals surface area (Å²) in [5.74, 6) is -0.372. The molecule has 0 unspecified atom stereocenters. The molecule has 6 nitrogen and oxygen atoms in total. The van der Waals surface area contributed by atoms with E-state index < -0.39 is 0 Å². The van der Waals surface area contributed by atoms with Crippen LogP contribution in [0.1, 0.15) is 26.3 Å². The maximum atomic E-state index is 12.9. The minimum Gasteiger partial charge on any atom is -0.369 e. The summed E-state index contributed by atoms with van der Waals surface area (Å²) in [6.45, 7) is 4.50. The number of fused-ring (bicyclic) bond motifs is 1. The Bertz CT molecular complexity index is 1150. The lowest BCUT2D eigenvalue weighted by atomic mass is 9.95. The zero-order valence-corrected chi connectivity index (χ0v) is 18.1. The first-order valence-electron chi connectivity index (χ1n) is 10.9. The van der Waals surface area contributed by atoms with Crippen molar-refractivity contribution in [3.63, 3.8) is 0 Å². The van der Waals surface area contributed by atoms with Crippen LogP contribution in [0, 0.1) is 0 Å². The van der Waals surface area contributed by atoms with Gasteiger partial charge < -0.3 is 20.4 Å². The second kappa shape index (κ2) is 8.48. The molecule has 2 heterocycles. The van der Waals surface area contributed by atoms with Crippen LogP contribution in [0.2, 0.25) is 0 Å². The third-order valence-electron chi connectivity index (χ3n) is 6.30. The van der Waals surface area contributed by atoms with E-state index in [0.717, 1.165) is 48.6 Å². The lowest BCUT2D eigenvalue weighted by Crippen LogP contribution is -2.44. The van der Waals surface area contributed by atoms with Gasteiger partial charge in [-0.2, -0.15) is 0 Å². The molecule has 2 N–H and O–H groups in total. The topological polar surface area (TPSA) is 64.7 Å². The van der Waals surface area contributed by atoms with Crippen LogP contribution in [0.4, 0.5) is 11.4 Å². The van der Waals surface area contributed by atoms with Gasteiger partial charge in [0.25, 0.3) is 11.8 Å². The molecule has 0 spiro atoms. The largest absolute Gasteiger partial charge is 0.369 e. The van der Waals surface area contributed by atoms with Crippen molar-refractivity contribution in [2.45, 2.75) is 6.54 Å². The Morgan fingerprint density at radius 2 is 1.62 bits per heavy atom. The van der Waals surface area contributed by atoms with E-state index in [4.69, 9.17) is 0 Å². The number of amides is 2. The molecule has 3 aromatic rings. The van der Waals surface area contributed by atoms with E-state index in [1.807, 2.05) is 66.7 Å². The third kappa shape index (κ3) is 3.85. The Labute approximate surface area is 187 Å². The molecule has 0 radical (unpaired) electrons. The fraction of sp³-hybridized carbons (Fsp3) is 0.231. The highest BCUT2D eigenvalue weighted by Crippen LogP contribution is 2.34. The van der Waals surface area contributed by atoms with Crippen LogP contribution < -0.4 is 15.5 Å². The quantitative estimate of drug-likeness (QED) is 0.669. The molecular formula is C26H26N4O2. The molecule has 5 rings (SSSR count). The predicted octanol–water partition coefficient (Wildman–Crippen LogP) is 3.60. The van der Waals surface area contributed by atoms with E-state index in [0.29, 0.717) is 23.4 Å². The average Bonchev–Trinajstić information content (AvgIpc) is 3.22. The molecule has 1 fully saturated rings. The average molecular weight is 427 g/mol. The summed E-state index contributed by atoms with van der Waals surface area (Å²) in [5, 5.41) is 5.85. The SMILES string of the molecule is CN1CCN(c2ccc(C(=O)Nc3ccc(-c4ccccc4)c4c3C(=O)NC4)cc2)CC1. The molecule has 0 aromatic heterocycles. The number of likely N-dealkylation sites (N-methyl/N-ethyl adjacent to an activating group) is 1. The molecular weight excluding hydrogens is 400 g/mol. The molecule has 2 aliphatic heterocycles. The van der Waals surface area contributed by atoms with E-state index in [-0.39, 0.29) is 11.8 Å². The van der Waals surface area contributed by atoms with Crippen LogP contribution in [0.25, 0.3) is 11.1 Å². The van der Waals surface area contributed by atoms with E-state index >= 15 is 0 Å². The molecule has 0 atom stereocenters. The summed E-state index contributed by atoms with van der Waals surface area (Å²) in [6.07, 6.45) is 0. The summed E-state index contributed by atoms with van der Waals surface area (Å²) in [7, 11) is 2.13. The van der Waals surface area contributed by atoms with Gasteiger partial charge in [-0.3, -0.25) is 9.59 Å². The number of hydrogen-bond acceptors (Lipinski definition) is 4. The van der Waals surface area contributed by atoms with Crippen molar-refractivity contribution in [2.24, 2.45) is 0 Å². The highest BCUT2D eigenvalue weighted by molar-refractivity contribution is 6.11. The fourth-order valence-corrected chi connectivity index (χ4v) is 4.42. The Hall–Kier alpha value is -3.64. The number of carbonyl (C=O) groups is 2. The van der Waals surface area contributed by atoms with Crippen LogP contribution in [0.3, 0.4) is 0 Å². The van der Waals surface area contributed by atoms with Gasteiger partial charge in [-0.25, -0.2) is 0 Å². The molecule has 162 valence electrons. The van der Waals surface area contributed by atoms with Gasteiger partial charge in [0, 0.05) is 44.0 Å². The van der Waals surface area contributed by atoms with Gasteiger partial charge in [0.2, 0.25) is 0 Å². The number of anilines is 2. The van der Waals surface area contributed by atoms with Crippen molar-refractivity contribution in [3.05, 3.63) is 83.4 Å². The van der Waals surface area contributed by atoms with E-state index in [1.165, 1.54) is 0 Å². The van der Waals surface area contributed by atoms with Gasteiger partial charge in [-0.1, -0.05) is 36.4 Å². The Morgan fingerprint density at radius 1 is 0.906 bits per heavy atom. The maximum Gasteiger partial charge on any atom is 0.255 e. The predicted molar refractivity (Wildman–Crippen MR) is 127 cm³/mol. The normalized spacial score (nSPS) is 15.9. The van der Waals surface area contributed by atoms with Gasteiger partial charge >= 0.3 is 0 Å². The smallest absolute Gasteiger partial charge is 0.255 e. The fourth-order valence-electron chi connectivity index (χ4n) is 4.42. The van der Waals surface area contributed by atoms with Crippen molar-refractivity contribution in [2.75, 3.05) is 43.4 Å². The highest BCUT2D eigenvalue weighted by atomic mass is 16.2. The lowest BCUT2D eigenvalue weighted by Gasteiger charge is -2.34. The lowest BCUT2D eigenvalue weighted by molar-refractivity contribution is 0.0966. The number of benzene rings is 3. The monoisotopic (exact) mass is 426 g/mol. The van der Waals surface area contributed by atoms with Gasteiger partial charge in [-0.05, 0) is 54.1 Å². The minimum atomic E-state index is -0.218. The molecule has 3 aromatic carbocycles. The maximum absolute atomic E-state index is 12.9. The van der Waals surface area contributed by atoms with Gasteiger partial charge in [0.15, 0.2) is 0 Å². The zero-order chi connectivity index (χ0) is 22.1. The Kier molecular flexibility index (Phi) is 5.37. The van der Waals surface area contributed by atoms with Crippen molar-refractivity contribution in [1.29, 1.82) is 0 Å². The molecule has 2 amide bonds. The number of hydrogen-bond donors (Lipinski definition) is 2. The number of nitrogens with one attached hydrogen (secondary N) is 2. The van der Waals surface area contributed by atoms with Gasteiger partial charge in [0.05, 0.1) is 11.3 Å². The van der Waals surface area contributed by atoms with Crippen LogP contribution in [-0.4, -0.2) is 49.9 Å². The standard InChI is InChI=1S/C26H26N4O2/c1-29-13-15-30(16-14-29)20-9-7-19(8-10-20)25(31)28-23-12-11-21(18-5-3-2-4-6-18)22-17-27-26(32)24(22)23/h2-12H,13-17H2,1H3,(H,27,32)(H,28,31).